The van der Waals surface area contributed by atoms with Gasteiger partial charge in [-0.1, -0.05) is 37.3 Å². The van der Waals surface area contributed by atoms with Crippen LogP contribution >= 0.6 is 0 Å². The monoisotopic (exact) mass is 368 g/mol. The van der Waals surface area contributed by atoms with Gasteiger partial charge in [0.2, 0.25) is 0 Å². The number of morpholine rings is 1. The average molecular weight is 368 g/mol. The molecule has 0 radical (unpaired) electrons. The predicted molar refractivity (Wildman–Crippen MR) is 104 cm³/mol. The number of carbonyl (C=O) groups is 1. The summed E-state index contributed by atoms with van der Waals surface area (Å²) in [6.07, 6.45) is 6.08. The van der Waals surface area contributed by atoms with E-state index in [-0.39, 0.29) is 18.2 Å². The van der Waals surface area contributed by atoms with Gasteiger partial charge in [0.1, 0.15) is 0 Å². The standard InChI is InChI=1S/C21H28N4O2/c1-2-17-15-24(11-12-27-17)21(26)23-19-9-6-10-20-18(19)13-22-25(20)14-16-7-4-3-5-8-16/h3-5,7-8,13,17,19H,2,6,9-12,14-15H2,1H3,(H,23,26)/t17-,19-/m0/s1. The van der Waals surface area contributed by atoms with E-state index in [1.165, 1.54) is 16.8 Å². The lowest BCUT2D eigenvalue weighted by Gasteiger charge is -2.34. The molecule has 1 aromatic heterocycles. The largest absolute Gasteiger partial charge is 0.375 e. The molecular formula is C21H28N4O2. The Morgan fingerprint density at radius 3 is 3.00 bits per heavy atom. The van der Waals surface area contributed by atoms with E-state index in [1.54, 1.807) is 0 Å². The molecule has 1 fully saturated rings. The maximum atomic E-state index is 12.8. The van der Waals surface area contributed by atoms with Crippen LogP contribution in [0, 0.1) is 0 Å². The van der Waals surface area contributed by atoms with E-state index in [0.29, 0.717) is 19.7 Å². The summed E-state index contributed by atoms with van der Waals surface area (Å²) in [7, 11) is 0. The Hall–Kier alpha value is -2.34. The molecule has 0 bridgehead atoms. The Balaban J connectivity index is 1.45. The third-order valence-electron chi connectivity index (χ3n) is 5.62. The highest BCUT2D eigenvalue weighted by molar-refractivity contribution is 5.75. The number of nitrogens with zero attached hydrogens (tertiary/aromatic N) is 3. The molecule has 2 aliphatic rings. The van der Waals surface area contributed by atoms with Crippen LogP contribution in [-0.4, -0.2) is 46.5 Å². The van der Waals surface area contributed by atoms with Crippen LogP contribution in [-0.2, 0) is 17.7 Å². The van der Waals surface area contributed by atoms with Crippen molar-refractivity contribution in [3.05, 3.63) is 53.3 Å². The van der Waals surface area contributed by atoms with Gasteiger partial charge in [-0.3, -0.25) is 4.68 Å². The quantitative estimate of drug-likeness (QED) is 0.902. The first-order valence-corrected chi connectivity index (χ1v) is 10.00. The number of amides is 2. The third-order valence-corrected chi connectivity index (χ3v) is 5.62. The summed E-state index contributed by atoms with van der Waals surface area (Å²) in [5, 5.41) is 7.86. The van der Waals surface area contributed by atoms with E-state index in [0.717, 1.165) is 32.2 Å². The van der Waals surface area contributed by atoms with Crippen LogP contribution in [0.3, 0.4) is 0 Å². The second kappa shape index (κ2) is 8.13. The van der Waals surface area contributed by atoms with Gasteiger partial charge in [0.25, 0.3) is 0 Å². The lowest BCUT2D eigenvalue weighted by Crippen LogP contribution is -2.50. The predicted octanol–water partition coefficient (Wildman–Crippen LogP) is 3.13. The van der Waals surface area contributed by atoms with Gasteiger partial charge in [0, 0.05) is 24.3 Å². The first-order valence-electron chi connectivity index (χ1n) is 10.00. The Bertz CT molecular complexity index is 774. The summed E-state index contributed by atoms with van der Waals surface area (Å²) in [6, 6.07) is 10.5. The van der Waals surface area contributed by atoms with E-state index >= 15 is 0 Å². The van der Waals surface area contributed by atoms with Crippen molar-refractivity contribution in [3.63, 3.8) is 0 Å². The molecule has 1 N–H and O–H groups in total. The van der Waals surface area contributed by atoms with Gasteiger partial charge in [0.05, 0.1) is 31.5 Å². The molecule has 6 heteroatoms. The van der Waals surface area contributed by atoms with E-state index in [9.17, 15) is 4.79 Å². The summed E-state index contributed by atoms with van der Waals surface area (Å²) in [5.74, 6) is 0. The lowest BCUT2D eigenvalue weighted by atomic mass is 9.93. The third kappa shape index (κ3) is 4.00. The van der Waals surface area contributed by atoms with E-state index in [2.05, 4.69) is 46.3 Å². The smallest absolute Gasteiger partial charge is 0.318 e. The summed E-state index contributed by atoms with van der Waals surface area (Å²) in [5.41, 5.74) is 3.67. The molecule has 0 unspecified atom stereocenters. The molecule has 0 saturated carbocycles. The highest BCUT2D eigenvalue weighted by atomic mass is 16.5. The van der Waals surface area contributed by atoms with Crippen LogP contribution in [0.25, 0.3) is 0 Å². The zero-order chi connectivity index (χ0) is 18.6. The fraction of sp³-hybridized carbons (Fsp3) is 0.524. The van der Waals surface area contributed by atoms with Gasteiger partial charge in [-0.15, -0.1) is 0 Å². The second-order valence-electron chi connectivity index (χ2n) is 7.43. The van der Waals surface area contributed by atoms with E-state index in [1.807, 2.05) is 17.2 Å². The zero-order valence-electron chi connectivity index (χ0n) is 15.9. The Kier molecular flexibility index (Phi) is 5.43. The number of fused-ring (bicyclic) bond motifs is 1. The Labute approximate surface area is 160 Å². The van der Waals surface area contributed by atoms with Crippen molar-refractivity contribution in [2.75, 3.05) is 19.7 Å². The van der Waals surface area contributed by atoms with Crippen LogP contribution in [0.15, 0.2) is 36.5 Å². The van der Waals surface area contributed by atoms with Crippen molar-refractivity contribution in [2.24, 2.45) is 0 Å². The average Bonchev–Trinajstić information content (AvgIpc) is 3.12. The molecule has 1 saturated heterocycles. The number of aromatic nitrogens is 2. The van der Waals surface area contributed by atoms with Crippen molar-refractivity contribution in [1.29, 1.82) is 0 Å². The first kappa shape index (κ1) is 18.0. The summed E-state index contributed by atoms with van der Waals surface area (Å²) < 4.78 is 7.77. The Morgan fingerprint density at radius 1 is 1.33 bits per heavy atom. The number of rotatable bonds is 4. The first-order chi connectivity index (χ1) is 13.2. The summed E-state index contributed by atoms with van der Waals surface area (Å²) >= 11 is 0. The normalized spacial score (nSPS) is 22.3. The van der Waals surface area contributed by atoms with Crippen LogP contribution in [0.5, 0.6) is 0 Å². The molecule has 4 rings (SSSR count). The van der Waals surface area contributed by atoms with Gasteiger partial charge in [-0.25, -0.2) is 4.79 Å². The molecule has 1 aliphatic heterocycles. The van der Waals surface area contributed by atoms with Crippen molar-refractivity contribution in [3.8, 4) is 0 Å². The summed E-state index contributed by atoms with van der Waals surface area (Å²) in [6.45, 7) is 4.83. The number of ether oxygens (including phenoxy) is 1. The zero-order valence-corrected chi connectivity index (χ0v) is 15.9. The van der Waals surface area contributed by atoms with Crippen molar-refractivity contribution in [2.45, 2.75) is 51.3 Å². The molecule has 0 spiro atoms. The topological polar surface area (TPSA) is 59.4 Å². The van der Waals surface area contributed by atoms with Gasteiger partial charge in [-0.2, -0.15) is 5.10 Å². The molecule has 2 atom stereocenters. The van der Waals surface area contributed by atoms with Crippen molar-refractivity contribution >= 4 is 6.03 Å². The van der Waals surface area contributed by atoms with Gasteiger partial charge >= 0.3 is 6.03 Å². The number of nitrogens with one attached hydrogen (secondary N) is 1. The highest BCUT2D eigenvalue weighted by Crippen LogP contribution is 2.30. The molecule has 27 heavy (non-hydrogen) atoms. The minimum Gasteiger partial charge on any atom is -0.375 e. The maximum Gasteiger partial charge on any atom is 0.318 e. The number of benzene rings is 1. The highest BCUT2D eigenvalue weighted by Gasteiger charge is 2.29. The molecule has 2 amide bonds. The SMILES string of the molecule is CC[C@H]1CN(C(=O)N[C@H]2CCCc3c2cnn3Cc2ccccc2)CCO1. The van der Waals surface area contributed by atoms with Crippen LogP contribution in [0.2, 0.25) is 0 Å². The maximum absolute atomic E-state index is 12.8. The minimum absolute atomic E-state index is 0.0189. The van der Waals surface area contributed by atoms with Crippen LogP contribution < -0.4 is 5.32 Å². The van der Waals surface area contributed by atoms with Crippen molar-refractivity contribution < 1.29 is 9.53 Å². The molecule has 1 aliphatic carbocycles. The Morgan fingerprint density at radius 2 is 2.19 bits per heavy atom. The molecule has 2 heterocycles. The fourth-order valence-corrected chi connectivity index (χ4v) is 4.05. The van der Waals surface area contributed by atoms with E-state index in [4.69, 9.17) is 4.74 Å². The second-order valence-corrected chi connectivity index (χ2v) is 7.43. The van der Waals surface area contributed by atoms with E-state index < -0.39 is 0 Å². The number of hydrogen-bond acceptors (Lipinski definition) is 3. The van der Waals surface area contributed by atoms with Gasteiger partial charge in [-0.05, 0) is 31.2 Å². The fourth-order valence-electron chi connectivity index (χ4n) is 4.05. The number of hydrogen-bond donors (Lipinski definition) is 1. The summed E-state index contributed by atoms with van der Waals surface area (Å²) in [4.78, 5) is 14.7. The van der Waals surface area contributed by atoms with Crippen LogP contribution in [0.1, 0.15) is 49.0 Å². The number of carbonyl (C=O) groups excluding carboxylic acids is 1. The van der Waals surface area contributed by atoms with Crippen molar-refractivity contribution in [1.82, 2.24) is 20.0 Å². The molecular weight excluding hydrogens is 340 g/mol. The van der Waals surface area contributed by atoms with Crippen LogP contribution in [0.4, 0.5) is 4.79 Å². The van der Waals surface area contributed by atoms with Gasteiger partial charge < -0.3 is 15.0 Å². The molecule has 144 valence electrons. The van der Waals surface area contributed by atoms with Gasteiger partial charge in [0.15, 0.2) is 0 Å². The molecule has 1 aromatic carbocycles. The molecule has 6 nitrogen and oxygen atoms in total. The minimum atomic E-state index is 0.0189. The number of urea groups is 1. The lowest BCUT2D eigenvalue weighted by molar-refractivity contribution is -0.0157. The molecule has 2 aromatic rings.